The van der Waals surface area contributed by atoms with E-state index in [2.05, 4.69) is 10.5 Å². The van der Waals surface area contributed by atoms with Crippen LogP contribution in [0.25, 0.3) is 0 Å². The molecule has 0 fully saturated rings. The maximum absolute atomic E-state index is 11.8. The van der Waals surface area contributed by atoms with Gasteiger partial charge in [0.1, 0.15) is 11.5 Å². The van der Waals surface area contributed by atoms with Crippen LogP contribution < -0.4 is 14.9 Å². The van der Waals surface area contributed by atoms with Gasteiger partial charge < -0.3 is 13.9 Å². The lowest BCUT2D eigenvalue weighted by Crippen LogP contribution is -2.19. The number of nitrogens with one attached hydrogen (secondary N) is 1. The lowest BCUT2D eigenvalue weighted by molar-refractivity contribution is -0.120. The summed E-state index contributed by atoms with van der Waals surface area (Å²) in [5.74, 6) is 2.36. The summed E-state index contributed by atoms with van der Waals surface area (Å²) in [5, 5.41) is 3.85. The molecule has 22 heavy (non-hydrogen) atoms. The summed E-state index contributed by atoms with van der Waals surface area (Å²) in [4.78, 5) is 11.8. The first kappa shape index (κ1) is 15.6. The largest absolute Gasteiger partial charge is 0.493 e. The van der Waals surface area contributed by atoms with E-state index in [4.69, 9.17) is 13.9 Å². The van der Waals surface area contributed by atoms with Gasteiger partial charge in [0.2, 0.25) is 5.91 Å². The van der Waals surface area contributed by atoms with Gasteiger partial charge in [0.15, 0.2) is 11.5 Å². The normalized spacial score (nSPS) is 10.7. The summed E-state index contributed by atoms with van der Waals surface area (Å²) in [6, 6.07) is 8.93. The van der Waals surface area contributed by atoms with Gasteiger partial charge in [-0.15, -0.1) is 0 Å². The van der Waals surface area contributed by atoms with Gasteiger partial charge in [0, 0.05) is 0 Å². The van der Waals surface area contributed by atoms with Crippen molar-refractivity contribution in [2.45, 2.75) is 13.3 Å². The number of hydrogen-bond donors (Lipinski definition) is 1. The monoisotopic (exact) mass is 302 g/mol. The van der Waals surface area contributed by atoms with Crippen LogP contribution in [0, 0.1) is 6.92 Å². The van der Waals surface area contributed by atoms with Gasteiger partial charge in [-0.1, -0.05) is 6.07 Å². The van der Waals surface area contributed by atoms with Crippen molar-refractivity contribution in [2.24, 2.45) is 5.10 Å². The van der Waals surface area contributed by atoms with Crippen LogP contribution in [-0.2, 0) is 11.2 Å². The molecular formula is C16H18N2O4. The Labute approximate surface area is 128 Å². The van der Waals surface area contributed by atoms with Gasteiger partial charge in [0.05, 0.1) is 26.9 Å². The van der Waals surface area contributed by atoms with E-state index < -0.39 is 0 Å². The summed E-state index contributed by atoms with van der Waals surface area (Å²) in [6.45, 7) is 1.84. The fraction of sp³-hybridized carbons (Fsp3) is 0.250. The molecule has 0 aliphatic heterocycles. The maximum atomic E-state index is 11.8. The van der Waals surface area contributed by atoms with E-state index in [1.165, 1.54) is 6.21 Å². The molecule has 1 amide bonds. The Kier molecular flexibility index (Phi) is 5.19. The molecule has 1 aromatic heterocycles. The highest BCUT2D eigenvalue weighted by molar-refractivity contribution is 5.81. The number of hydrazone groups is 1. The Morgan fingerprint density at radius 3 is 2.64 bits per heavy atom. The van der Waals surface area contributed by atoms with Gasteiger partial charge in [-0.25, -0.2) is 5.43 Å². The molecule has 0 aliphatic carbocycles. The first-order valence-corrected chi connectivity index (χ1v) is 6.71. The molecule has 0 aliphatic rings. The molecule has 0 bridgehead atoms. The van der Waals surface area contributed by atoms with E-state index in [0.29, 0.717) is 17.3 Å². The van der Waals surface area contributed by atoms with Crippen LogP contribution >= 0.6 is 0 Å². The number of ether oxygens (including phenoxy) is 2. The second-order valence-electron chi connectivity index (χ2n) is 4.61. The summed E-state index contributed by atoms with van der Waals surface area (Å²) >= 11 is 0. The van der Waals surface area contributed by atoms with Crippen LogP contribution in [0.15, 0.2) is 39.9 Å². The number of rotatable bonds is 6. The minimum absolute atomic E-state index is 0.189. The summed E-state index contributed by atoms with van der Waals surface area (Å²) in [7, 11) is 3.12. The number of amides is 1. The molecule has 2 aromatic rings. The molecule has 0 unspecified atom stereocenters. The van der Waals surface area contributed by atoms with E-state index in [1.54, 1.807) is 38.5 Å². The number of carbonyl (C=O) groups excluding carboxylic acids is 1. The Morgan fingerprint density at radius 2 is 2.00 bits per heavy atom. The Bertz CT molecular complexity index is 677. The van der Waals surface area contributed by atoms with Crippen molar-refractivity contribution in [3.8, 4) is 11.5 Å². The fourth-order valence-electron chi connectivity index (χ4n) is 1.91. The van der Waals surface area contributed by atoms with Crippen LogP contribution in [0.5, 0.6) is 11.5 Å². The Hall–Kier alpha value is -2.76. The summed E-state index contributed by atoms with van der Waals surface area (Å²) in [6.07, 6.45) is 1.65. The minimum atomic E-state index is -0.230. The van der Waals surface area contributed by atoms with Crippen LogP contribution in [0.3, 0.4) is 0 Å². The topological polar surface area (TPSA) is 73.1 Å². The highest BCUT2D eigenvalue weighted by atomic mass is 16.5. The molecule has 0 radical (unpaired) electrons. The average Bonchev–Trinajstić information content (AvgIpc) is 2.92. The molecule has 0 atom stereocenters. The van der Waals surface area contributed by atoms with E-state index in [1.807, 2.05) is 13.0 Å². The molecule has 1 aromatic carbocycles. The number of methoxy groups -OCH3 is 2. The van der Waals surface area contributed by atoms with Gasteiger partial charge in [0.25, 0.3) is 0 Å². The molecule has 0 saturated carbocycles. The fourth-order valence-corrected chi connectivity index (χ4v) is 1.91. The van der Waals surface area contributed by atoms with Gasteiger partial charge in [-0.2, -0.15) is 5.10 Å². The Balaban J connectivity index is 1.93. The molecule has 1 heterocycles. The predicted octanol–water partition coefficient (Wildman–Crippen LogP) is 2.30. The summed E-state index contributed by atoms with van der Waals surface area (Å²) < 4.78 is 15.7. The van der Waals surface area contributed by atoms with E-state index in [9.17, 15) is 4.79 Å². The van der Waals surface area contributed by atoms with Crippen molar-refractivity contribution >= 4 is 12.1 Å². The SMILES string of the molecule is COc1ccc(CC(=O)N/N=C\c2ccc(C)o2)cc1OC. The highest BCUT2D eigenvalue weighted by Gasteiger charge is 2.07. The summed E-state index contributed by atoms with van der Waals surface area (Å²) in [5.41, 5.74) is 3.26. The Morgan fingerprint density at radius 1 is 1.23 bits per heavy atom. The maximum Gasteiger partial charge on any atom is 0.244 e. The molecule has 6 heteroatoms. The van der Waals surface area contributed by atoms with Gasteiger partial charge >= 0.3 is 0 Å². The van der Waals surface area contributed by atoms with Crippen molar-refractivity contribution in [1.29, 1.82) is 0 Å². The minimum Gasteiger partial charge on any atom is -0.493 e. The number of hydrogen-bond acceptors (Lipinski definition) is 5. The van der Waals surface area contributed by atoms with Crippen molar-refractivity contribution in [3.63, 3.8) is 0 Å². The number of furan rings is 1. The molecule has 0 spiro atoms. The van der Waals surface area contributed by atoms with Crippen molar-refractivity contribution in [1.82, 2.24) is 5.43 Å². The lowest BCUT2D eigenvalue weighted by atomic mass is 10.1. The third-order valence-electron chi connectivity index (χ3n) is 2.95. The second-order valence-corrected chi connectivity index (χ2v) is 4.61. The average molecular weight is 302 g/mol. The van der Waals surface area contributed by atoms with Crippen LogP contribution in [0.4, 0.5) is 0 Å². The van der Waals surface area contributed by atoms with Crippen molar-refractivity contribution in [2.75, 3.05) is 14.2 Å². The zero-order valence-corrected chi connectivity index (χ0v) is 12.8. The molecular weight excluding hydrogens is 284 g/mol. The second kappa shape index (κ2) is 7.31. The first-order chi connectivity index (χ1) is 10.6. The van der Waals surface area contributed by atoms with E-state index in [-0.39, 0.29) is 12.3 Å². The third kappa shape index (κ3) is 4.12. The first-order valence-electron chi connectivity index (χ1n) is 6.71. The molecule has 116 valence electrons. The standard InChI is InChI=1S/C16H18N2O4/c1-11-4-6-13(22-11)10-17-18-16(19)9-12-5-7-14(20-2)15(8-12)21-3/h4-8,10H,9H2,1-3H3,(H,18,19)/b17-10-. The molecule has 2 rings (SSSR count). The smallest absolute Gasteiger partial charge is 0.244 e. The lowest BCUT2D eigenvalue weighted by Gasteiger charge is -2.09. The van der Waals surface area contributed by atoms with Crippen LogP contribution in [0.1, 0.15) is 17.1 Å². The molecule has 6 nitrogen and oxygen atoms in total. The van der Waals surface area contributed by atoms with Crippen LogP contribution in [0.2, 0.25) is 0 Å². The van der Waals surface area contributed by atoms with Crippen molar-refractivity contribution in [3.05, 3.63) is 47.4 Å². The quantitative estimate of drug-likeness (QED) is 0.656. The number of carbonyl (C=O) groups is 1. The highest BCUT2D eigenvalue weighted by Crippen LogP contribution is 2.27. The number of benzene rings is 1. The molecule has 0 saturated heterocycles. The predicted molar refractivity (Wildman–Crippen MR) is 82.4 cm³/mol. The molecule has 1 N–H and O–H groups in total. The number of nitrogens with zero attached hydrogens (tertiary/aromatic N) is 1. The number of aryl methyl sites for hydroxylation is 1. The van der Waals surface area contributed by atoms with Gasteiger partial charge in [-0.05, 0) is 36.8 Å². The van der Waals surface area contributed by atoms with Gasteiger partial charge in [-0.3, -0.25) is 4.79 Å². The van der Waals surface area contributed by atoms with E-state index in [0.717, 1.165) is 11.3 Å². The van der Waals surface area contributed by atoms with Crippen LogP contribution in [-0.4, -0.2) is 26.3 Å². The van der Waals surface area contributed by atoms with Crippen molar-refractivity contribution < 1.29 is 18.7 Å². The zero-order valence-electron chi connectivity index (χ0n) is 12.8. The van der Waals surface area contributed by atoms with E-state index >= 15 is 0 Å². The zero-order chi connectivity index (χ0) is 15.9. The third-order valence-corrected chi connectivity index (χ3v) is 2.95.